The minimum absolute atomic E-state index is 0. The van der Waals surface area contributed by atoms with Gasteiger partial charge in [0, 0.05) is 12.3 Å². The van der Waals surface area contributed by atoms with E-state index in [1.807, 2.05) is 4.98 Å². The Balaban J connectivity index is -0.000000500. The Kier molecular flexibility index (Phi) is 24.3. The first-order chi connectivity index (χ1) is 13.1. The van der Waals surface area contributed by atoms with Crippen LogP contribution in [0.1, 0.15) is 6.23 Å². The fourth-order valence-electron chi connectivity index (χ4n) is 2.20. The number of hydrogen-bond acceptors (Lipinski definition) is 11. The number of H-pyrrole nitrogens is 1. The van der Waals surface area contributed by atoms with Crippen LogP contribution in [-0.4, -0.2) is 169 Å². The van der Waals surface area contributed by atoms with Crippen LogP contribution in [0, 0.1) is 0 Å². The second-order valence-corrected chi connectivity index (χ2v) is 9.87. The van der Waals surface area contributed by atoms with Crippen molar-refractivity contribution in [3.05, 3.63) is 33.1 Å². The van der Waals surface area contributed by atoms with Gasteiger partial charge in [0.05, 0.1) is 6.61 Å². The van der Waals surface area contributed by atoms with E-state index in [0.717, 1.165) is 12.3 Å². The summed E-state index contributed by atoms with van der Waals surface area (Å²) < 4.78 is 50.6. The first-order valence-corrected chi connectivity index (χ1v) is 11.7. The quantitative estimate of drug-likeness (QED) is 0.106. The van der Waals surface area contributed by atoms with Crippen LogP contribution >= 0.6 is 23.5 Å². The summed E-state index contributed by atoms with van der Waals surface area (Å²) in [7, 11) is -16.8. The number of rotatable bonds is 8. The van der Waals surface area contributed by atoms with Crippen molar-refractivity contribution in [2.75, 3.05) is 6.61 Å². The van der Waals surface area contributed by atoms with E-state index in [2.05, 4.69) is 13.1 Å². The summed E-state index contributed by atoms with van der Waals surface area (Å²) in [5.74, 6) is 0. The molecule has 0 aliphatic carbocycles. The Morgan fingerprint density at radius 1 is 0.914 bits per heavy atom. The Morgan fingerprint density at radius 2 is 1.43 bits per heavy atom. The monoisotopic (exact) mass is 610 g/mol. The minimum atomic E-state index is -5.73. The predicted molar refractivity (Wildman–Crippen MR) is 119 cm³/mol. The molecule has 13 N–H and O–H groups in total. The van der Waals surface area contributed by atoms with Crippen molar-refractivity contribution in [1.29, 1.82) is 0 Å². The van der Waals surface area contributed by atoms with Gasteiger partial charge in [-0.3, -0.25) is 18.9 Å². The first kappa shape index (κ1) is 46.7. The molecule has 0 aromatic carbocycles. The molecular formula is C9H24N2Na3O18P3. The number of aromatic nitrogens is 2. The van der Waals surface area contributed by atoms with E-state index in [1.165, 1.54) is 0 Å². The SMILES string of the molecule is O.O.O.O=c1ccn([C@@H]2O[C@H](COP(=O)(O)OP(=O)(O)OP(=O)(O)O)[C@@H](O)[C@H]2O)c(=O)[nH]1.[NaH].[NaH].[NaH]. The van der Waals surface area contributed by atoms with Crippen LogP contribution in [0.15, 0.2) is 21.9 Å². The molecule has 2 unspecified atom stereocenters. The molecule has 26 heteroatoms. The molecule has 0 saturated carbocycles. The van der Waals surface area contributed by atoms with Crippen molar-refractivity contribution in [2.45, 2.75) is 24.5 Å². The van der Waals surface area contributed by atoms with Gasteiger partial charge in [-0.05, 0) is 0 Å². The van der Waals surface area contributed by atoms with E-state index in [-0.39, 0.29) is 105 Å². The molecule has 1 fully saturated rings. The fraction of sp³-hybridized carbons (Fsp3) is 0.556. The average Bonchev–Trinajstić information content (AvgIpc) is 2.78. The number of phosphoric ester groups is 1. The summed E-state index contributed by atoms with van der Waals surface area (Å²) in [5.41, 5.74) is -1.74. The van der Waals surface area contributed by atoms with Crippen LogP contribution in [0.25, 0.3) is 0 Å². The number of aliphatic hydroxyl groups excluding tert-OH is 2. The Morgan fingerprint density at radius 3 is 1.89 bits per heavy atom. The molecule has 20 nitrogen and oxygen atoms in total. The summed E-state index contributed by atoms with van der Waals surface area (Å²) in [6.07, 6.45) is -5.70. The van der Waals surface area contributed by atoms with Crippen molar-refractivity contribution in [3.63, 3.8) is 0 Å². The van der Waals surface area contributed by atoms with Gasteiger partial charge in [-0.25, -0.2) is 18.5 Å². The van der Waals surface area contributed by atoms with Crippen molar-refractivity contribution in [1.82, 2.24) is 9.55 Å². The van der Waals surface area contributed by atoms with Gasteiger partial charge in [-0.15, -0.1) is 0 Å². The molecule has 1 aromatic heterocycles. The molecule has 1 saturated heterocycles. The number of ether oxygens (including phenoxy) is 1. The Bertz CT molecular complexity index is 1010. The van der Waals surface area contributed by atoms with E-state index in [4.69, 9.17) is 19.4 Å². The normalized spacial score (nSPS) is 24.3. The van der Waals surface area contributed by atoms with E-state index >= 15 is 0 Å². The second-order valence-electron chi connectivity index (χ2n) is 5.45. The van der Waals surface area contributed by atoms with Gasteiger partial charge in [0.1, 0.15) is 18.3 Å². The standard InChI is InChI=1S/C9H15N2O15P3.3Na.3H2O.3H/c12-5-1-2-11(9(15)10-5)8-7(14)6(13)4(24-8)3-23-28(19,20)26-29(21,22)25-27(16,17)18;;;;;;;;;/h1-2,4,6-8,13-14H,3H2,(H,19,20)(H,21,22)(H,10,12,15)(H2,16,17,18);;;;3*1H2;;;/t4-,6-,7-,8-;;;;;;;;;/m1........./s1. The van der Waals surface area contributed by atoms with Gasteiger partial charge in [0.25, 0.3) is 5.56 Å². The van der Waals surface area contributed by atoms with Crippen LogP contribution < -0.4 is 11.2 Å². The average molecular weight is 610 g/mol. The van der Waals surface area contributed by atoms with E-state index in [1.54, 1.807) is 0 Å². The van der Waals surface area contributed by atoms with E-state index < -0.39 is 65.9 Å². The van der Waals surface area contributed by atoms with Gasteiger partial charge in [-0.1, -0.05) is 0 Å². The molecular weight excluding hydrogens is 586 g/mol. The Hall–Kier alpha value is 1.85. The number of aliphatic hydroxyl groups is 2. The number of phosphoric acid groups is 3. The number of aromatic amines is 1. The number of nitrogens with zero attached hydrogens (tertiary/aromatic N) is 1. The molecule has 6 atom stereocenters. The third-order valence-electron chi connectivity index (χ3n) is 3.28. The second kappa shape index (κ2) is 18.2. The van der Waals surface area contributed by atoms with E-state index in [0.29, 0.717) is 4.57 Å². The van der Waals surface area contributed by atoms with Crippen LogP contribution in [-0.2, 0) is 31.6 Å². The number of nitrogens with one attached hydrogen (secondary N) is 1. The van der Waals surface area contributed by atoms with Crippen molar-refractivity contribution in [2.24, 2.45) is 0 Å². The van der Waals surface area contributed by atoms with Crippen molar-refractivity contribution >= 4 is 112 Å². The first-order valence-electron chi connectivity index (χ1n) is 7.22. The van der Waals surface area contributed by atoms with E-state index in [9.17, 15) is 38.4 Å². The van der Waals surface area contributed by atoms with Crippen LogP contribution in [0.3, 0.4) is 0 Å². The van der Waals surface area contributed by atoms with Crippen LogP contribution in [0.2, 0.25) is 0 Å². The molecule has 1 aromatic rings. The molecule has 1 aliphatic heterocycles. The molecule has 35 heavy (non-hydrogen) atoms. The predicted octanol–water partition coefficient (Wildman–Crippen LogP) is -6.92. The third-order valence-corrected chi connectivity index (χ3v) is 7.08. The van der Waals surface area contributed by atoms with Gasteiger partial charge < -0.3 is 51.0 Å². The molecule has 0 spiro atoms. The maximum absolute atomic E-state index is 11.7. The Labute approximate surface area is 261 Å². The van der Waals surface area contributed by atoms with Crippen LogP contribution in [0.5, 0.6) is 0 Å². The zero-order valence-corrected chi connectivity index (χ0v) is 18.0. The molecule has 2 rings (SSSR count). The van der Waals surface area contributed by atoms with Crippen molar-refractivity contribution < 1.29 is 77.8 Å². The fourth-order valence-corrected chi connectivity index (χ4v) is 5.23. The van der Waals surface area contributed by atoms with Crippen molar-refractivity contribution in [3.8, 4) is 0 Å². The summed E-state index contributed by atoms with van der Waals surface area (Å²) in [4.78, 5) is 59.9. The summed E-state index contributed by atoms with van der Waals surface area (Å²) in [5, 5.41) is 19.9. The summed E-state index contributed by atoms with van der Waals surface area (Å²) >= 11 is 0. The summed E-state index contributed by atoms with van der Waals surface area (Å²) in [6, 6.07) is 0.920. The van der Waals surface area contributed by atoms with Gasteiger partial charge >= 0.3 is 118 Å². The topological polar surface area (TPSA) is 359 Å². The molecule has 0 bridgehead atoms. The van der Waals surface area contributed by atoms with Crippen LogP contribution in [0.4, 0.5) is 0 Å². The molecule has 0 amide bonds. The van der Waals surface area contributed by atoms with Gasteiger partial charge in [0.2, 0.25) is 0 Å². The zero-order valence-electron chi connectivity index (χ0n) is 15.3. The third kappa shape index (κ3) is 14.7. The molecule has 196 valence electrons. The molecule has 1 aliphatic rings. The maximum atomic E-state index is 11.7. The van der Waals surface area contributed by atoms with Gasteiger partial charge in [-0.2, -0.15) is 8.62 Å². The number of hydrogen-bond donors (Lipinski definition) is 7. The molecule has 0 radical (unpaired) electrons. The summed E-state index contributed by atoms with van der Waals surface area (Å²) in [6.45, 7) is -1.05. The zero-order chi connectivity index (χ0) is 22.2. The van der Waals surface area contributed by atoms with Gasteiger partial charge in [0.15, 0.2) is 6.23 Å². The molecule has 2 heterocycles.